The summed E-state index contributed by atoms with van der Waals surface area (Å²) in [4.78, 5) is 40.2. The van der Waals surface area contributed by atoms with Gasteiger partial charge in [-0.25, -0.2) is 0 Å². The van der Waals surface area contributed by atoms with Gasteiger partial charge >= 0.3 is 19.5 Å². The van der Waals surface area contributed by atoms with Gasteiger partial charge in [0.2, 0.25) is 0 Å². The topological polar surface area (TPSA) is 132 Å². The van der Waals surface area contributed by atoms with E-state index in [9.17, 15) is 14.2 Å². The molecule has 0 amide bonds. The van der Waals surface area contributed by atoms with E-state index in [1.807, 2.05) is 0 Å². The fourth-order valence-corrected chi connectivity index (χ4v) is 3.53. The lowest BCUT2D eigenvalue weighted by atomic mass is 9.73. The summed E-state index contributed by atoms with van der Waals surface area (Å²) in [5.74, 6) is -2.78. The predicted octanol–water partition coefficient (Wildman–Crippen LogP) is 1.14. The van der Waals surface area contributed by atoms with Crippen molar-refractivity contribution in [1.29, 1.82) is 0 Å². The zero-order valence-electron chi connectivity index (χ0n) is 10.7. The molecule has 0 aromatic heterocycles. The summed E-state index contributed by atoms with van der Waals surface area (Å²) in [5, 5.41) is 17.9. The standard InChI is InChI=1S/C10H19O7P/c1-9(2,5-10(3,4)8(13)14)6(7(11)12)18(15,16)17/h6H,5H2,1-4H3,(H,11,12)(H,13,14)(H2,15,16,17). The van der Waals surface area contributed by atoms with Crippen molar-refractivity contribution in [2.45, 2.75) is 39.8 Å². The van der Waals surface area contributed by atoms with Gasteiger partial charge in [-0.15, -0.1) is 0 Å². The molecule has 0 aromatic carbocycles. The van der Waals surface area contributed by atoms with E-state index in [-0.39, 0.29) is 6.42 Å². The van der Waals surface area contributed by atoms with Gasteiger partial charge in [-0.05, 0) is 25.7 Å². The Hall–Kier alpha value is -0.910. The maximum Gasteiger partial charge on any atom is 0.340 e. The van der Waals surface area contributed by atoms with E-state index in [0.29, 0.717) is 0 Å². The molecule has 0 aliphatic carbocycles. The highest BCUT2D eigenvalue weighted by atomic mass is 31.2. The molecule has 7 nitrogen and oxygen atoms in total. The van der Waals surface area contributed by atoms with Crippen LogP contribution >= 0.6 is 7.60 Å². The molecule has 106 valence electrons. The van der Waals surface area contributed by atoms with Gasteiger partial charge in [0.1, 0.15) is 0 Å². The van der Waals surface area contributed by atoms with Crippen LogP contribution in [0.4, 0.5) is 0 Å². The van der Waals surface area contributed by atoms with Crippen LogP contribution in [0.2, 0.25) is 0 Å². The van der Waals surface area contributed by atoms with Crippen molar-refractivity contribution in [3.05, 3.63) is 0 Å². The van der Waals surface area contributed by atoms with E-state index >= 15 is 0 Å². The Balaban J connectivity index is 5.41. The van der Waals surface area contributed by atoms with Crippen LogP contribution in [0.25, 0.3) is 0 Å². The van der Waals surface area contributed by atoms with Gasteiger partial charge < -0.3 is 20.0 Å². The number of rotatable bonds is 6. The van der Waals surface area contributed by atoms with Gasteiger partial charge in [-0.2, -0.15) is 0 Å². The van der Waals surface area contributed by atoms with Crippen LogP contribution in [0, 0.1) is 10.8 Å². The van der Waals surface area contributed by atoms with Gasteiger partial charge in [0.15, 0.2) is 5.66 Å². The monoisotopic (exact) mass is 282 g/mol. The van der Waals surface area contributed by atoms with Crippen LogP contribution < -0.4 is 0 Å². The Morgan fingerprint density at radius 1 is 1.11 bits per heavy atom. The first-order chi connectivity index (χ1) is 7.72. The van der Waals surface area contributed by atoms with E-state index in [4.69, 9.17) is 20.0 Å². The van der Waals surface area contributed by atoms with Gasteiger partial charge in [0.25, 0.3) is 0 Å². The molecule has 0 heterocycles. The molecular formula is C10H19O7P. The van der Waals surface area contributed by atoms with Crippen molar-refractivity contribution >= 4 is 19.5 Å². The molecule has 0 fully saturated rings. The Kier molecular flexibility index (Phi) is 4.74. The lowest BCUT2D eigenvalue weighted by molar-refractivity contribution is -0.150. The van der Waals surface area contributed by atoms with Crippen LogP contribution in [-0.2, 0) is 14.2 Å². The molecule has 0 saturated carbocycles. The summed E-state index contributed by atoms with van der Waals surface area (Å²) in [5.41, 5.74) is -4.55. The second kappa shape index (κ2) is 4.99. The van der Waals surface area contributed by atoms with Gasteiger partial charge in [-0.3, -0.25) is 14.2 Å². The third-order valence-corrected chi connectivity index (χ3v) is 4.38. The molecule has 1 unspecified atom stereocenters. The van der Waals surface area contributed by atoms with Crippen molar-refractivity contribution < 1.29 is 34.2 Å². The molecule has 0 bridgehead atoms. The van der Waals surface area contributed by atoms with Crippen LogP contribution in [0.1, 0.15) is 34.1 Å². The number of carboxylic acid groups (broad SMARTS) is 2. The predicted molar refractivity (Wildman–Crippen MR) is 63.3 cm³/mol. The average molecular weight is 282 g/mol. The zero-order chi connectivity index (χ0) is 14.9. The van der Waals surface area contributed by atoms with Crippen molar-refractivity contribution in [2.24, 2.45) is 10.8 Å². The first-order valence-corrected chi connectivity index (χ1v) is 6.91. The maximum absolute atomic E-state index is 11.2. The average Bonchev–Trinajstić information content (AvgIpc) is 1.94. The van der Waals surface area contributed by atoms with E-state index in [2.05, 4.69) is 0 Å². The van der Waals surface area contributed by atoms with E-state index < -0.39 is 36.0 Å². The summed E-state index contributed by atoms with van der Waals surface area (Å²) in [7, 11) is -4.86. The highest BCUT2D eigenvalue weighted by molar-refractivity contribution is 7.53. The van der Waals surface area contributed by atoms with Crippen LogP contribution in [0.15, 0.2) is 0 Å². The van der Waals surface area contributed by atoms with Crippen molar-refractivity contribution in [3.8, 4) is 0 Å². The Bertz CT molecular complexity index is 393. The van der Waals surface area contributed by atoms with Gasteiger partial charge in [0, 0.05) is 0 Å². The molecule has 0 saturated heterocycles. The number of hydrogen-bond acceptors (Lipinski definition) is 3. The smallest absolute Gasteiger partial charge is 0.340 e. The minimum atomic E-state index is -4.86. The van der Waals surface area contributed by atoms with E-state index in [1.165, 1.54) is 27.7 Å². The highest BCUT2D eigenvalue weighted by Crippen LogP contribution is 2.53. The molecule has 0 aliphatic rings. The third-order valence-electron chi connectivity index (χ3n) is 2.79. The van der Waals surface area contributed by atoms with Crippen LogP contribution in [0.3, 0.4) is 0 Å². The number of aliphatic carboxylic acids is 2. The zero-order valence-corrected chi connectivity index (χ0v) is 11.6. The molecule has 0 radical (unpaired) electrons. The van der Waals surface area contributed by atoms with Crippen molar-refractivity contribution in [1.82, 2.24) is 0 Å². The SMILES string of the molecule is CC(C)(CC(C)(C)C(C(=O)O)P(=O)(O)O)C(=O)O. The molecule has 0 rings (SSSR count). The first-order valence-electron chi connectivity index (χ1n) is 5.23. The fraction of sp³-hybridized carbons (Fsp3) is 0.800. The lowest BCUT2D eigenvalue weighted by Gasteiger charge is -2.36. The molecule has 8 heteroatoms. The fourth-order valence-electron chi connectivity index (χ4n) is 2.24. The molecular weight excluding hydrogens is 263 g/mol. The number of carboxylic acids is 2. The second-order valence-electron chi connectivity index (χ2n) is 5.68. The van der Waals surface area contributed by atoms with Gasteiger partial charge in [0.05, 0.1) is 5.41 Å². The summed E-state index contributed by atoms with van der Waals surface area (Å²) in [6, 6.07) is 0. The highest BCUT2D eigenvalue weighted by Gasteiger charge is 2.50. The normalized spacial score (nSPS) is 15.2. The maximum atomic E-state index is 11.2. The second-order valence-corrected chi connectivity index (χ2v) is 7.38. The number of hydrogen-bond donors (Lipinski definition) is 4. The van der Waals surface area contributed by atoms with Crippen molar-refractivity contribution in [2.75, 3.05) is 0 Å². The first kappa shape index (κ1) is 17.1. The molecule has 0 aromatic rings. The summed E-state index contributed by atoms with van der Waals surface area (Å²) in [6.07, 6.45) is -0.169. The molecule has 18 heavy (non-hydrogen) atoms. The molecule has 1 atom stereocenters. The van der Waals surface area contributed by atoms with E-state index in [0.717, 1.165) is 0 Å². The third kappa shape index (κ3) is 4.08. The Morgan fingerprint density at radius 3 is 1.72 bits per heavy atom. The summed E-state index contributed by atoms with van der Waals surface area (Å²) in [6.45, 7) is 5.45. The molecule has 4 N–H and O–H groups in total. The lowest BCUT2D eigenvalue weighted by Crippen LogP contribution is -2.41. The number of carbonyl (C=O) groups is 2. The van der Waals surface area contributed by atoms with Crippen LogP contribution in [-0.4, -0.2) is 37.6 Å². The summed E-state index contributed by atoms with van der Waals surface area (Å²) >= 11 is 0. The largest absolute Gasteiger partial charge is 0.481 e. The van der Waals surface area contributed by atoms with E-state index in [1.54, 1.807) is 0 Å². The van der Waals surface area contributed by atoms with Gasteiger partial charge in [-0.1, -0.05) is 13.8 Å². The Morgan fingerprint density at radius 2 is 1.50 bits per heavy atom. The minimum absolute atomic E-state index is 0.169. The van der Waals surface area contributed by atoms with Crippen molar-refractivity contribution in [3.63, 3.8) is 0 Å². The molecule has 0 spiro atoms. The minimum Gasteiger partial charge on any atom is -0.481 e. The Labute approximate surface area is 105 Å². The molecule has 0 aliphatic heterocycles. The van der Waals surface area contributed by atoms with Crippen LogP contribution in [0.5, 0.6) is 0 Å². The summed E-state index contributed by atoms with van der Waals surface area (Å²) < 4.78 is 11.2. The quantitative estimate of drug-likeness (QED) is 0.537.